The highest BCUT2D eigenvalue weighted by molar-refractivity contribution is 5.72. The van der Waals surface area contributed by atoms with Crippen LogP contribution in [0.15, 0.2) is 55.0 Å². The third-order valence-electron chi connectivity index (χ3n) is 6.67. The van der Waals surface area contributed by atoms with Gasteiger partial charge in [0.2, 0.25) is 0 Å². The third-order valence-corrected chi connectivity index (χ3v) is 6.67. The first-order valence-electron chi connectivity index (χ1n) is 11.6. The summed E-state index contributed by atoms with van der Waals surface area (Å²) in [5.74, 6) is 1.70. The highest BCUT2D eigenvalue weighted by atomic mass is 16.5. The highest BCUT2D eigenvalue weighted by Crippen LogP contribution is 2.39. The zero-order chi connectivity index (χ0) is 22.5. The summed E-state index contributed by atoms with van der Waals surface area (Å²) in [6.45, 7) is 5.08. The van der Waals surface area contributed by atoms with E-state index in [1.165, 1.54) is 24.0 Å². The first-order valence-corrected chi connectivity index (χ1v) is 11.6. The summed E-state index contributed by atoms with van der Waals surface area (Å²) in [7, 11) is 0. The molecule has 6 heteroatoms. The Hall–Kier alpha value is -3.67. The van der Waals surface area contributed by atoms with Gasteiger partial charge in [0.25, 0.3) is 0 Å². The minimum absolute atomic E-state index is 0.218. The van der Waals surface area contributed by atoms with Gasteiger partial charge >= 0.3 is 0 Å². The molecule has 1 fully saturated rings. The number of nitrogens with two attached hydrogens (primary N) is 1. The summed E-state index contributed by atoms with van der Waals surface area (Å²) < 4.78 is 8.57. The Morgan fingerprint density at radius 3 is 2.82 bits per heavy atom. The van der Waals surface area contributed by atoms with E-state index in [1.54, 1.807) is 0 Å². The number of pyridine rings is 2. The van der Waals surface area contributed by atoms with Crippen molar-refractivity contribution < 1.29 is 4.74 Å². The maximum Gasteiger partial charge on any atom is 0.166 e. The Labute approximate surface area is 193 Å². The van der Waals surface area contributed by atoms with E-state index in [-0.39, 0.29) is 6.10 Å². The Morgan fingerprint density at radius 2 is 1.97 bits per heavy atom. The van der Waals surface area contributed by atoms with Crippen LogP contribution in [0.2, 0.25) is 0 Å². The van der Waals surface area contributed by atoms with Gasteiger partial charge in [0.1, 0.15) is 6.10 Å². The van der Waals surface area contributed by atoms with Crippen molar-refractivity contribution in [1.29, 1.82) is 0 Å². The Kier molecular flexibility index (Phi) is 4.68. The van der Waals surface area contributed by atoms with Crippen molar-refractivity contribution in [1.82, 2.24) is 19.7 Å². The lowest BCUT2D eigenvalue weighted by Gasteiger charge is -2.22. The molecule has 1 unspecified atom stereocenters. The maximum absolute atomic E-state index is 6.43. The van der Waals surface area contributed by atoms with Crippen molar-refractivity contribution in [3.8, 4) is 28.3 Å². The van der Waals surface area contributed by atoms with Crippen molar-refractivity contribution >= 4 is 5.82 Å². The molecular formula is C27H27N5O. The van der Waals surface area contributed by atoms with Crippen LogP contribution in [0.5, 0.6) is 5.75 Å². The van der Waals surface area contributed by atoms with E-state index in [1.807, 2.05) is 30.7 Å². The first-order chi connectivity index (χ1) is 16.1. The predicted molar refractivity (Wildman–Crippen MR) is 129 cm³/mol. The van der Waals surface area contributed by atoms with Crippen molar-refractivity contribution in [2.24, 2.45) is 5.92 Å². The van der Waals surface area contributed by atoms with E-state index in [9.17, 15) is 0 Å². The van der Waals surface area contributed by atoms with Gasteiger partial charge in [0.05, 0.1) is 17.6 Å². The van der Waals surface area contributed by atoms with E-state index < -0.39 is 0 Å². The third kappa shape index (κ3) is 3.65. The highest BCUT2D eigenvalue weighted by Gasteiger charge is 2.26. The summed E-state index contributed by atoms with van der Waals surface area (Å²) in [4.78, 5) is 9.31. The minimum Gasteiger partial charge on any atom is -0.482 e. The molecular weight excluding hydrogens is 410 g/mol. The van der Waals surface area contributed by atoms with Crippen molar-refractivity contribution in [3.05, 3.63) is 77.2 Å². The normalized spacial score (nSPS) is 17.1. The molecule has 2 bridgehead atoms. The summed E-state index contributed by atoms with van der Waals surface area (Å²) in [5, 5.41) is 4.79. The van der Waals surface area contributed by atoms with E-state index in [0.717, 1.165) is 46.6 Å². The molecule has 2 aliphatic rings. The number of aromatic nitrogens is 4. The van der Waals surface area contributed by atoms with E-state index in [0.29, 0.717) is 17.5 Å². The van der Waals surface area contributed by atoms with Crippen LogP contribution in [0.1, 0.15) is 48.1 Å². The fourth-order valence-electron chi connectivity index (χ4n) is 4.77. The largest absolute Gasteiger partial charge is 0.482 e. The van der Waals surface area contributed by atoms with Gasteiger partial charge in [-0.15, -0.1) is 0 Å². The van der Waals surface area contributed by atoms with Crippen LogP contribution in [-0.2, 0) is 13.0 Å². The molecule has 6 nitrogen and oxygen atoms in total. The van der Waals surface area contributed by atoms with Crippen LogP contribution < -0.4 is 10.5 Å². The summed E-state index contributed by atoms with van der Waals surface area (Å²) >= 11 is 0. The first kappa shape index (κ1) is 20.0. The van der Waals surface area contributed by atoms with Crippen LogP contribution in [0.25, 0.3) is 22.5 Å². The second-order valence-electron chi connectivity index (χ2n) is 9.29. The molecule has 0 spiro atoms. The number of ether oxygens (including phenoxy) is 1. The molecule has 4 heterocycles. The molecule has 0 radical (unpaired) electrons. The lowest BCUT2D eigenvalue weighted by atomic mass is 9.92. The molecule has 1 saturated carbocycles. The topological polar surface area (TPSA) is 78.9 Å². The Morgan fingerprint density at radius 1 is 1.09 bits per heavy atom. The van der Waals surface area contributed by atoms with E-state index in [2.05, 4.69) is 47.8 Å². The summed E-state index contributed by atoms with van der Waals surface area (Å²) in [6, 6.07) is 12.7. The predicted octanol–water partition coefficient (Wildman–Crippen LogP) is 5.35. The number of anilines is 1. The fourth-order valence-corrected chi connectivity index (χ4v) is 4.77. The average molecular weight is 438 g/mol. The van der Waals surface area contributed by atoms with Crippen LogP contribution >= 0.6 is 0 Å². The lowest BCUT2D eigenvalue weighted by molar-refractivity contribution is 0.228. The molecule has 1 atom stereocenters. The molecule has 166 valence electrons. The molecule has 33 heavy (non-hydrogen) atoms. The summed E-state index contributed by atoms with van der Waals surface area (Å²) in [6.07, 6.45) is 8.75. The minimum atomic E-state index is -0.218. The number of benzene rings is 1. The van der Waals surface area contributed by atoms with Crippen molar-refractivity contribution in [3.63, 3.8) is 0 Å². The van der Waals surface area contributed by atoms with Gasteiger partial charge in [-0.1, -0.05) is 29.8 Å². The van der Waals surface area contributed by atoms with Gasteiger partial charge in [0, 0.05) is 47.6 Å². The molecule has 6 rings (SSSR count). The second kappa shape index (κ2) is 7.73. The maximum atomic E-state index is 6.43. The SMILES string of the molecule is Cc1ccc2c(c1)C(C)Oc1cc(cnc1N)-c1c(cnn1CC1CC1)Cc1cccnc1-2. The van der Waals surface area contributed by atoms with Gasteiger partial charge in [-0.3, -0.25) is 9.67 Å². The zero-order valence-electron chi connectivity index (χ0n) is 19.0. The zero-order valence-corrected chi connectivity index (χ0v) is 19.0. The molecule has 4 aromatic rings. The number of rotatable bonds is 2. The number of fused-ring (bicyclic) bond motifs is 7. The monoisotopic (exact) mass is 437 g/mol. The Balaban J connectivity index is 1.60. The van der Waals surface area contributed by atoms with Gasteiger partial charge in [-0.25, -0.2) is 4.98 Å². The van der Waals surface area contributed by atoms with Crippen molar-refractivity contribution in [2.45, 2.75) is 45.8 Å². The molecule has 3 aromatic heterocycles. The summed E-state index contributed by atoms with van der Waals surface area (Å²) in [5.41, 5.74) is 15.0. The average Bonchev–Trinajstić information content (AvgIpc) is 3.54. The molecule has 1 aromatic carbocycles. The van der Waals surface area contributed by atoms with Gasteiger partial charge in [-0.05, 0) is 50.3 Å². The van der Waals surface area contributed by atoms with Gasteiger partial charge in [-0.2, -0.15) is 5.10 Å². The quantitative estimate of drug-likeness (QED) is 0.457. The molecule has 1 aliphatic heterocycles. The fraction of sp³-hybridized carbons (Fsp3) is 0.296. The van der Waals surface area contributed by atoms with Gasteiger partial charge in [0.15, 0.2) is 11.6 Å². The van der Waals surface area contributed by atoms with Crippen molar-refractivity contribution in [2.75, 3.05) is 5.73 Å². The number of nitrogens with zero attached hydrogens (tertiary/aromatic N) is 4. The van der Waals surface area contributed by atoms with Crippen LogP contribution in [-0.4, -0.2) is 19.7 Å². The number of hydrogen-bond donors (Lipinski definition) is 1. The second-order valence-corrected chi connectivity index (χ2v) is 9.29. The lowest BCUT2D eigenvalue weighted by Crippen LogP contribution is -2.10. The standard InChI is InChI=1S/C27H27N5O/c1-16-5-8-22-23(10-16)17(2)33-24-12-21(13-30-27(24)28)26-20(11-19-4-3-9-29-25(19)22)14-31-32(26)15-18-6-7-18/h3-5,8-10,12-14,17-18H,6-7,11,15H2,1-2H3,(H2,28,30). The number of aryl methyl sites for hydroxylation is 1. The van der Waals surface area contributed by atoms with Gasteiger partial charge < -0.3 is 10.5 Å². The molecule has 0 saturated heterocycles. The Bertz CT molecular complexity index is 1350. The molecule has 1 aliphatic carbocycles. The number of nitrogen functional groups attached to an aromatic ring is 1. The molecule has 2 N–H and O–H groups in total. The van der Waals surface area contributed by atoms with Crippen LogP contribution in [0.3, 0.4) is 0 Å². The van der Waals surface area contributed by atoms with E-state index in [4.69, 9.17) is 20.6 Å². The molecule has 0 amide bonds. The van der Waals surface area contributed by atoms with E-state index >= 15 is 0 Å². The van der Waals surface area contributed by atoms with Crippen LogP contribution in [0, 0.1) is 12.8 Å². The number of hydrogen-bond acceptors (Lipinski definition) is 5. The smallest absolute Gasteiger partial charge is 0.166 e. The van der Waals surface area contributed by atoms with Crippen LogP contribution in [0.4, 0.5) is 5.82 Å².